The zero-order valence-corrected chi connectivity index (χ0v) is 14.5. The van der Waals surface area contributed by atoms with Crippen LogP contribution in [0.2, 0.25) is 10.0 Å². The highest BCUT2D eigenvalue weighted by atomic mass is 35.5. The second-order valence-electron chi connectivity index (χ2n) is 5.11. The highest BCUT2D eigenvalue weighted by Crippen LogP contribution is 2.28. The summed E-state index contributed by atoms with van der Waals surface area (Å²) in [6.45, 7) is 0.260. The van der Waals surface area contributed by atoms with Crippen LogP contribution in [0.4, 0.5) is 5.69 Å². The number of anilines is 1. The van der Waals surface area contributed by atoms with Gasteiger partial charge in [-0.25, -0.2) is 4.79 Å². The Morgan fingerprint density at radius 3 is 2.56 bits per heavy atom. The molecule has 0 atom stereocenters. The average Bonchev–Trinajstić information content (AvgIpc) is 2.55. The average molecular weight is 384 g/mol. The van der Waals surface area contributed by atoms with Gasteiger partial charge in [0.25, 0.3) is 0 Å². The number of carboxylic acids is 1. The number of amides is 1. The van der Waals surface area contributed by atoms with E-state index < -0.39 is 5.97 Å². The van der Waals surface area contributed by atoms with Crippen LogP contribution in [0.3, 0.4) is 0 Å². The van der Waals surface area contributed by atoms with Crippen molar-refractivity contribution in [3.8, 4) is 11.5 Å². The standard InChI is InChI=1S/C17H15Cl2NO5/c18-11-4-6-15(12(19)9-11)25-7-1-2-16(22)20-13-8-10(17(23)24)3-5-14(13)21/h3-6,8-9,21H,1-2,7H2,(H,20,22)(H,23,24). The largest absolute Gasteiger partial charge is 0.506 e. The van der Waals surface area contributed by atoms with E-state index in [4.69, 9.17) is 33.0 Å². The fourth-order valence-corrected chi connectivity index (χ4v) is 2.45. The molecular formula is C17H15Cl2NO5. The van der Waals surface area contributed by atoms with Crippen LogP contribution in [-0.4, -0.2) is 28.7 Å². The summed E-state index contributed by atoms with van der Waals surface area (Å²) in [5.74, 6) is -1.26. The maximum absolute atomic E-state index is 11.9. The molecule has 0 aliphatic rings. The zero-order valence-electron chi connectivity index (χ0n) is 13.0. The van der Waals surface area contributed by atoms with Gasteiger partial charge in [0.15, 0.2) is 0 Å². The van der Waals surface area contributed by atoms with Crippen LogP contribution in [0.1, 0.15) is 23.2 Å². The van der Waals surface area contributed by atoms with E-state index >= 15 is 0 Å². The Hall–Kier alpha value is -2.44. The summed E-state index contributed by atoms with van der Waals surface area (Å²) in [6, 6.07) is 8.50. The fraction of sp³-hybridized carbons (Fsp3) is 0.176. The molecule has 0 unspecified atom stereocenters. The predicted molar refractivity (Wildman–Crippen MR) is 94.9 cm³/mol. The maximum Gasteiger partial charge on any atom is 0.335 e. The smallest absolute Gasteiger partial charge is 0.335 e. The number of ether oxygens (including phenoxy) is 1. The third-order valence-electron chi connectivity index (χ3n) is 3.22. The van der Waals surface area contributed by atoms with Gasteiger partial charge < -0.3 is 20.3 Å². The van der Waals surface area contributed by atoms with Gasteiger partial charge in [-0.05, 0) is 42.8 Å². The highest BCUT2D eigenvalue weighted by Gasteiger charge is 2.11. The van der Waals surface area contributed by atoms with E-state index in [9.17, 15) is 14.7 Å². The van der Waals surface area contributed by atoms with Gasteiger partial charge in [-0.3, -0.25) is 4.79 Å². The molecule has 0 saturated heterocycles. The highest BCUT2D eigenvalue weighted by molar-refractivity contribution is 6.35. The van der Waals surface area contributed by atoms with Crippen molar-refractivity contribution in [2.45, 2.75) is 12.8 Å². The Kier molecular flexibility index (Phi) is 6.50. The van der Waals surface area contributed by atoms with E-state index in [2.05, 4.69) is 5.32 Å². The number of rotatable bonds is 7. The van der Waals surface area contributed by atoms with Gasteiger partial charge in [0, 0.05) is 11.4 Å². The third-order valence-corrected chi connectivity index (χ3v) is 3.75. The van der Waals surface area contributed by atoms with Crippen LogP contribution in [0.15, 0.2) is 36.4 Å². The first kappa shape index (κ1) is 18.9. The number of carbonyl (C=O) groups is 2. The summed E-state index contributed by atoms with van der Waals surface area (Å²) in [6.07, 6.45) is 0.534. The van der Waals surface area contributed by atoms with Crippen molar-refractivity contribution in [3.63, 3.8) is 0 Å². The van der Waals surface area contributed by atoms with E-state index in [0.717, 1.165) is 0 Å². The molecule has 0 heterocycles. The van der Waals surface area contributed by atoms with Gasteiger partial charge in [-0.1, -0.05) is 23.2 Å². The summed E-state index contributed by atoms with van der Waals surface area (Å²) in [4.78, 5) is 22.8. The number of carbonyl (C=O) groups excluding carboxylic acids is 1. The van der Waals surface area contributed by atoms with Crippen molar-refractivity contribution in [3.05, 3.63) is 52.0 Å². The SMILES string of the molecule is O=C(CCCOc1ccc(Cl)cc1Cl)Nc1cc(C(=O)O)ccc1O. The Morgan fingerprint density at radius 2 is 1.88 bits per heavy atom. The molecule has 8 heteroatoms. The van der Waals surface area contributed by atoms with Crippen LogP contribution < -0.4 is 10.1 Å². The van der Waals surface area contributed by atoms with Gasteiger partial charge in [0.2, 0.25) is 5.91 Å². The summed E-state index contributed by atoms with van der Waals surface area (Å²) < 4.78 is 5.47. The van der Waals surface area contributed by atoms with Crippen molar-refractivity contribution in [1.82, 2.24) is 0 Å². The number of carboxylic acid groups (broad SMARTS) is 1. The first-order valence-electron chi connectivity index (χ1n) is 7.31. The van der Waals surface area contributed by atoms with E-state index in [1.807, 2.05) is 0 Å². The Labute approximate surface area is 153 Å². The number of aromatic hydroxyl groups is 1. The molecule has 0 radical (unpaired) electrons. The second kappa shape index (κ2) is 8.60. The molecular weight excluding hydrogens is 369 g/mol. The third kappa shape index (κ3) is 5.55. The number of phenols is 1. The van der Waals surface area contributed by atoms with Crippen LogP contribution >= 0.6 is 23.2 Å². The fourth-order valence-electron chi connectivity index (χ4n) is 1.99. The molecule has 0 aromatic heterocycles. The number of phenolic OH excluding ortho intramolecular Hbond substituents is 1. The van der Waals surface area contributed by atoms with E-state index in [0.29, 0.717) is 22.2 Å². The molecule has 25 heavy (non-hydrogen) atoms. The molecule has 6 nitrogen and oxygen atoms in total. The van der Waals surface area contributed by atoms with Gasteiger partial charge >= 0.3 is 5.97 Å². The van der Waals surface area contributed by atoms with Crippen molar-refractivity contribution >= 4 is 40.8 Å². The molecule has 2 aromatic carbocycles. The molecule has 0 saturated carbocycles. The number of benzene rings is 2. The predicted octanol–water partition coefficient (Wildman–Crippen LogP) is 4.19. The van der Waals surface area contributed by atoms with Crippen molar-refractivity contribution < 1.29 is 24.5 Å². The van der Waals surface area contributed by atoms with E-state index in [1.165, 1.54) is 18.2 Å². The minimum absolute atomic E-state index is 0.0335. The lowest BCUT2D eigenvalue weighted by Gasteiger charge is -2.10. The molecule has 0 bridgehead atoms. The minimum atomic E-state index is -1.15. The van der Waals surface area contributed by atoms with Gasteiger partial charge in [-0.15, -0.1) is 0 Å². The van der Waals surface area contributed by atoms with E-state index in [1.54, 1.807) is 18.2 Å². The molecule has 132 valence electrons. The normalized spacial score (nSPS) is 10.3. The summed E-state index contributed by atoms with van der Waals surface area (Å²) in [5.41, 5.74) is 0.0142. The molecule has 1 amide bonds. The van der Waals surface area contributed by atoms with Gasteiger partial charge in [-0.2, -0.15) is 0 Å². The quantitative estimate of drug-likeness (QED) is 0.491. The molecule has 0 fully saturated rings. The maximum atomic E-state index is 11.9. The van der Waals surface area contributed by atoms with Crippen molar-refractivity contribution in [2.24, 2.45) is 0 Å². The lowest BCUT2D eigenvalue weighted by Crippen LogP contribution is -2.13. The number of nitrogens with one attached hydrogen (secondary N) is 1. The number of hydrogen-bond donors (Lipinski definition) is 3. The van der Waals surface area contributed by atoms with Gasteiger partial charge in [0.05, 0.1) is 22.9 Å². The lowest BCUT2D eigenvalue weighted by molar-refractivity contribution is -0.116. The van der Waals surface area contributed by atoms with Crippen LogP contribution in [0, 0.1) is 0 Å². The van der Waals surface area contributed by atoms with Crippen molar-refractivity contribution in [2.75, 3.05) is 11.9 Å². The molecule has 0 aliphatic carbocycles. The molecule has 0 aliphatic heterocycles. The molecule has 3 N–H and O–H groups in total. The van der Waals surface area contributed by atoms with Crippen LogP contribution in [-0.2, 0) is 4.79 Å². The molecule has 2 rings (SSSR count). The number of halogens is 2. The molecule has 0 spiro atoms. The number of hydrogen-bond acceptors (Lipinski definition) is 4. The lowest BCUT2D eigenvalue weighted by atomic mass is 10.2. The van der Waals surface area contributed by atoms with E-state index in [-0.39, 0.29) is 35.9 Å². The zero-order chi connectivity index (χ0) is 18.4. The summed E-state index contributed by atoms with van der Waals surface area (Å²) in [5, 5.41) is 22.0. The Morgan fingerprint density at radius 1 is 1.12 bits per heavy atom. The Balaban J connectivity index is 1.83. The summed E-state index contributed by atoms with van der Waals surface area (Å²) >= 11 is 11.8. The minimum Gasteiger partial charge on any atom is -0.506 e. The van der Waals surface area contributed by atoms with Crippen LogP contribution in [0.25, 0.3) is 0 Å². The Bertz CT molecular complexity index is 795. The first-order chi connectivity index (χ1) is 11.9. The topological polar surface area (TPSA) is 95.9 Å². The molecule has 2 aromatic rings. The van der Waals surface area contributed by atoms with Crippen LogP contribution in [0.5, 0.6) is 11.5 Å². The first-order valence-corrected chi connectivity index (χ1v) is 8.06. The summed E-state index contributed by atoms with van der Waals surface area (Å²) in [7, 11) is 0. The van der Waals surface area contributed by atoms with Crippen molar-refractivity contribution in [1.29, 1.82) is 0 Å². The second-order valence-corrected chi connectivity index (χ2v) is 5.96. The monoisotopic (exact) mass is 383 g/mol. The number of aromatic carboxylic acids is 1. The van der Waals surface area contributed by atoms with Gasteiger partial charge in [0.1, 0.15) is 11.5 Å².